The Balaban J connectivity index is 1.63. The van der Waals surface area contributed by atoms with Crippen molar-refractivity contribution in [1.29, 1.82) is 0 Å². The molecule has 1 N–H and O–H groups in total. The minimum Gasteiger partial charge on any atom is -0.507 e. The number of hydrogen-bond acceptors (Lipinski definition) is 5. The van der Waals surface area contributed by atoms with Crippen molar-refractivity contribution >= 4 is 12.2 Å². The van der Waals surface area contributed by atoms with Gasteiger partial charge >= 0.3 is 0 Å². The fourth-order valence-electron chi connectivity index (χ4n) is 3.22. The molecule has 0 atom stereocenters. The highest BCUT2D eigenvalue weighted by Crippen LogP contribution is 2.26. The van der Waals surface area contributed by atoms with Gasteiger partial charge in [-0.2, -0.15) is 0 Å². The number of aldehydes is 1. The van der Waals surface area contributed by atoms with Crippen LogP contribution in [0.3, 0.4) is 0 Å². The number of rotatable bonds is 3. The second-order valence-corrected chi connectivity index (χ2v) is 6.44. The van der Waals surface area contributed by atoms with Gasteiger partial charge in [-0.05, 0) is 36.7 Å². The third-order valence-corrected chi connectivity index (χ3v) is 4.80. The molecule has 0 spiro atoms. The molecular weight excluding hydrogens is 294 g/mol. The van der Waals surface area contributed by atoms with E-state index in [1.54, 1.807) is 12.1 Å². The Morgan fingerprint density at radius 2 is 1.91 bits per heavy atom. The van der Waals surface area contributed by atoms with E-state index in [1.165, 1.54) is 0 Å². The summed E-state index contributed by atoms with van der Waals surface area (Å²) >= 11 is 0. The van der Waals surface area contributed by atoms with Gasteiger partial charge in [-0.1, -0.05) is 0 Å². The maximum atomic E-state index is 12.5. The van der Waals surface area contributed by atoms with Crippen LogP contribution in [0.2, 0.25) is 0 Å². The number of piperazine rings is 1. The van der Waals surface area contributed by atoms with Crippen molar-refractivity contribution in [1.82, 2.24) is 14.7 Å². The molecule has 0 aromatic heterocycles. The normalized spacial score (nSPS) is 19.4. The van der Waals surface area contributed by atoms with E-state index in [9.17, 15) is 14.7 Å². The number of hydrogen-bond donors (Lipinski definition) is 1. The van der Waals surface area contributed by atoms with E-state index in [0.29, 0.717) is 31.5 Å². The number of phenols is 1. The van der Waals surface area contributed by atoms with Gasteiger partial charge in [0, 0.05) is 39.3 Å². The van der Waals surface area contributed by atoms with E-state index in [0.717, 1.165) is 43.7 Å². The molecule has 23 heavy (non-hydrogen) atoms. The van der Waals surface area contributed by atoms with Crippen LogP contribution in [-0.4, -0.2) is 78.3 Å². The number of aromatic hydroxyl groups is 1. The lowest BCUT2D eigenvalue weighted by molar-refractivity contribution is -0.133. The number of carbonyl (C=O) groups is 2. The van der Waals surface area contributed by atoms with Crippen molar-refractivity contribution in [2.45, 2.75) is 13.0 Å². The fourth-order valence-corrected chi connectivity index (χ4v) is 3.22. The molecule has 0 saturated carbocycles. The van der Waals surface area contributed by atoms with Crippen molar-refractivity contribution in [2.75, 3.05) is 46.3 Å². The largest absolute Gasteiger partial charge is 0.507 e. The van der Waals surface area contributed by atoms with Gasteiger partial charge in [0.2, 0.25) is 5.91 Å². The quantitative estimate of drug-likeness (QED) is 0.815. The van der Waals surface area contributed by atoms with Crippen LogP contribution in [0, 0.1) is 0 Å². The first-order chi connectivity index (χ1) is 11.1. The van der Waals surface area contributed by atoms with E-state index in [2.05, 4.69) is 16.8 Å². The molecule has 0 aliphatic carbocycles. The SMILES string of the molecule is CN1CCN(CC(=O)N2CCc3cc(C=O)c(O)cc3C2)CC1. The summed E-state index contributed by atoms with van der Waals surface area (Å²) in [5.41, 5.74) is 2.31. The van der Waals surface area contributed by atoms with Crippen LogP contribution in [0.5, 0.6) is 5.75 Å². The molecule has 1 aromatic carbocycles. The number of carbonyl (C=O) groups excluding carboxylic acids is 2. The van der Waals surface area contributed by atoms with Gasteiger partial charge in [0.15, 0.2) is 6.29 Å². The Morgan fingerprint density at radius 1 is 1.17 bits per heavy atom. The highest BCUT2D eigenvalue weighted by atomic mass is 16.3. The topological polar surface area (TPSA) is 64.1 Å². The third kappa shape index (κ3) is 3.54. The van der Waals surface area contributed by atoms with E-state index in [-0.39, 0.29) is 11.7 Å². The van der Waals surface area contributed by atoms with Crippen LogP contribution in [0.1, 0.15) is 21.5 Å². The van der Waals surface area contributed by atoms with Gasteiger partial charge in [0.05, 0.1) is 12.1 Å². The van der Waals surface area contributed by atoms with Gasteiger partial charge in [-0.25, -0.2) is 0 Å². The molecule has 2 heterocycles. The molecule has 6 nitrogen and oxygen atoms in total. The van der Waals surface area contributed by atoms with Crippen LogP contribution in [0.15, 0.2) is 12.1 Å². The Morgan fingerprint density at radius 3 is 2.61 bits per heavy atom. The molecule has 1 aromatic rings. The van der Waals surface area contributed by atoms with E-state index in [1.807, 2.05) is 4.90 Å². The van der Waals surface area contributed by atoms with Crippen molar-refractivity contribution in [3.05, 3.63) is 28.8 Å². The minimum atomic E-state index is -0.00730. The Labute approximate surface area is 136 Å². The average Bonchev–Trinajstić information content (AvgIpc) is 2.55. The number of fused-ring (bicyclic) bond motifs is 1. The Hall–Kier alpha value is -1.92. The molecule has 2 aliphatic rings. The van der Waals surface area contributed by atoms with Crippen molar-refractivity contribution in [3.63, 3.8) is 0 Å². The lowest BCUT2D eigenvalue weighted by Crippen LogP contribution is -2.49. The lowest BCUT2D eigenvalue weighted by atomic mass is 9.96. The van der Waals surface area contributed by atoms with Crippen LogP contribution in [0.4, 0.5) is 0 Å². The second kappa shape index (κ2) is 6.68. The molecule has 3 rings (SSSR count). The molecule has 1 saturated heterocycles. The van der Waals surface area contributed by atoms with Crippen molar-refractivity contribution < 1.29 is 14.7 Å². The first-order valence-electron chi connectivity index (χ1n) is 8.05. The lowest BCUT2D eigenvalue weighted by Gasteiger charge is -2.35. The number of likely N-dealkylation sites (N-methyl/N-ethyl adjacent to an activating group) is 1. The van der Waals surface area contributed by atoms with Gasteiger partial charge in [0.25, 0.3) is 0 Å². The molecule has 124 valence electrons. The summed E-state index contributed by atoms with van der Waals surface area (Å²) in [6.07, 6.45) is 1.39. The van der Waals surface area contributed by atoms with Crippen molar-refractivity contribution in [3.8, 4) is 5.75 Å². The summed E-state index contributed by atoms with van der Waals surface area (Å²) < 4.78 is 0. The predicted octanol–water partition coefficient (Wildman–Crippen LogP) is 0.337. The number of phenolic OH excluding ortho intramolecular Hbond substituents is 1. The fraction of sp³-hybridized carbons (Fsp3) is 0.529. The smallest absolute Gasteiger partial charge is 0.237 e. The van der Waals surface area contributed by atoms with Gasteiger partial charge in [-0.3, -0.25) is 14.5 Å². The monoisotopic (exact) mass is 317 g/mol. The maximum Gasteiger partial charge on any atom is 0.237 e. The van der Waals surface area contributed by atoms with Gasteiger partial charge in [-0.15, -0.1) is 0 Å². The highest BCUT2D eigenvalue weighted by Gasteiger charge is 2.24. The summed E-state index contributed by atoms with van der Waals surface area (Å²) in [7, 11) is 2.10. The Bertz CT molecular complexity index is 609. The summed E-state index contributed by atoms with van der Waals surface area (Å²) in [5, 5.41) is 9.83. The third-order valence-electron chi connectivity index (χ3n) is 4.80. The standard InChI is InChI=1S/C17H23N3O3/c1-18-4-6-19(7-5-18)11-17(23)20-3-2-13-8-15(12-21)16(22)9-14(13)10-20/h8-9,12,22H,2-7,10-11H2,1H3. The number of nitrogens with zero attached hydrogens (tertiary/aromatic N) is 3. The summed E-state index contributed by atoms with van der Waals surface area (Å²) in [6.45, 7) is 5.49. The summed E-state index contributed by atoms with van der Waals surface area (Å²) in [6, 6.07) is 3.36. The average molecular weight is 317 g/mol. The van der Waals surface area contributed by atoms with Crippen LogP contribution in [-0.2, 0) is 17.8 Å². The molecule has 1 amide bonds. The second-order valence-electron chi connectivity index (χ2n) is 6.44. The molecule has 0 bridgehead atoms. The van der Waals surface area contributed by atoms with Crippen LogP contribution in [0.25, 0.3) is 0 Å². The van der Waals surface area contributed by atoms with E-state index >= 15 is 0 Å². The molecule has 2 aliphatic heterocycles. The molecule has 0 radical (unpaired) electrons. The van der Waals surface area contributed by atoms with Crippen LogP contribution < -0.4 is 0 Å². The predicted molar refractivity (Wildman–Crippen MR) is 86.6 cm³/mol. The highest BCUT2D eigenvalue weighted by molar-refractivity contribution is 5.81. The number of amides is 1. The van der Waals surface area contributed by atoms with Gasteiger partial charge < -0.3 is 14.9 Å². The van der Waals surface area contributed by atoms with Crippen molar-refractivity contribution in [2.24, 2.45) is 0 Å². The first-order valence-corrected chi connectivity index (χ1v) is 8.05. The van der Waals surface area contributed by atoms with E-state index in [4.69, 9.17) is 0 Å². The minimum absolute atomic E-state index is 0.00730. The molecule has 6 heteroatoms. The van der Waals surface area contributed by atoms with Gasteiger partial charge in [0.1, 0.15) is 5.75 Å². The molecular formula is C17H23N3O3. The zero-order chi connectivity index (χ0) is 16.4. The zero-order valence-corrected chi connectivity index (χ0v) is 13.5. The summed E-state index contributed by atoms with van der Waals surface area (Å²) in [5.74, 6) is 0.131. The Kier molecular flexibility index (Phi) is 4.63. The first kappa shape index (κ1) is 16.0. The zero-order valence-electron chi connectivity index (χ0n) is 13.5. The van der Waals surface area contributed by atoms with E-state index < -0.39 is 0 Å². The maximum absolute atomic E-state index is 12.5. The summed E-state index contributed by atoms with van der Waals surface area (Å²) in [4.78, 5) is 29.7. The molecule has 0 unspecified atom stereocenters. The van der Waals surface area contributed by atoms with Crippen LogP contribution >= 0.6 is 0 Å². The molecule has 1 fully saturated rings. The number of benzene rings is 1.